The van der Waals surface area contributed by atoms with Gasteiger partial charge in [0.1, 0.15) is 6.54 Å². The molecule has 1 aliphatic carbocycles. The zero-order chi connectivity index (χ0) is 44.5. The maximum absolute atomic E-state index is 12.4. The number of rotatable bonds is 15. The fourth-order valence-electron chi connectivity index (χ4n) is 10.2. The van der Waals surface area contributed by atoms with Crippen molar-refractivity contribution in [1.82, 2.24) is 0 Å². The lowest BCUT2D eigenvalue weighted by Crippen LogP contribution is -2.28. The average Bonchev–Trinajstić information content (AvgIpc) is 3.62. The first-order chi connectivity index (χ1) is 30.2. The summed E-state index contributed by atoms with van der Waals surface area (Å²) in [4.78, 5) is 14.7. The molecule has 8 rings (SSSR count). The zero-order valence-electron chi connectivity index (χ0n) is 36.6. The Hall–Kier alpha value is -5.14. The monoisotopic (exact) mass is 883 g/mol. The molecule has 0 saturated heterocycles. The van der Waals surface area contributed by atoms with E-state index in [2.05, 4.69) is 145 Å². The molecule has 0 spiro atoms. The summed E-state index contributed by atoms with van der Waals surface area (Å²) in [6, 6.07) is 33.6. The molecule has 0 saturated carbocycles. The standard InChI is InChI=1S/C52H54N2O7S2/c1-35(55)36-19-21-41(22-20-36)48-39(25-29-46-51(2,3)49-42-17-8-6-13-37(42)23-27-44(49)53(46)31-11-33-62-61-60-56)15-10-16-40(48)26-30-47-52(4,5)50-43-18-9-7-14-38(43)24-28-45(50)54(47)32-12-34-63(57,58)59/h6-9,13-14,17-30H,10-12,15-16,31-34H2,1-5H3,(H-,56,57,58,59)/p+1. The molecular weight excluding hydrogens is 829 g/mol. The number of anilines is 1. The molecule has 63 heavy (non-hydrogen) atoms. The van der Waals surface area contributed by atoms with Gasteiger partial charge in [0, 0.05) is 70.8 Å². The number of ketones is 1. The topological polar surface area (TPSA) is 116 Å². The van der Waals surface area contributed by atoms with Crippen LogP contribution in [-0.4, -0.2) is 58.9 Å². The van der Waals surface area contributed by atoms with Crippen molar-refractivity contribution in [2.24, 2.45) is 0 Å². The summed E-state index contributed by atoms with van der Waals surface area (Å²) in [7, 11) is -4.13. The number of benzene rings is 5. The van der Waals surface area contributed by atoms with Gasteiger partial charge in [0.05, 0.1) is 11.2 Å². The van der Waals surface area contributed by atoms with Crippen molar-refractivity contribution >= 4 is 72.1 Å². The van der Waals surface area contributed by atoms with Crippen LogP contribution < -0.4 is 4.90 Å². The largest absolute Gasteiger partial charge is 0.344 e. The number of nitrogens with zero attached hydrogens (tertiary/aromatic N) is 2. The number of fused-ring (bicyclic) bond motifs is 6. The van der Waals surface area contributed by atoms with E-state index in [-0.39, 0.29) is 23.4 Å². The minimum absolute atomic E-state index is 0.0188. The molecule has 0 atom stereocenters. The van der Waals surface area contributed by atoms with Crippen molar-refractivity contribution in [1.29, 1.82) is 0 Å². The minimum Gasteiger partial charge on any atom is -0.344 e. The molecular formula is C52H55N2O7S2+. The molecule has 0 radical (unpaired) electrons. The van der Waals surface area contributed by atoms with Crippen LogP contribution in [0.5, 0.6) is 0 Å². The highest BCUT2D eigenvalue weighted by atomic mass is 32.2. The molecule has 0 bridgehead atoms. The molecule has 0 amide bonds. The van der Waals surface area contributed by atoms with Crippen molar-refractivity contribution in [3.63, 3.8) is 0 Å². The van der Waals surface area contributed by atoms with Gasteiger partial charge in [-0.1, -0.05) is 110 Å². The third-order valence-electron chi connectivity index (χ3n) is 13.0. The molecule has 0 unspecified atom stereocenters. The summed E-state index contributed by atoms with van der Waals surface area (Å²) in [5.41, 5.74) is 11.5. The van der Waals surface area contributed by atoms with E-state index in [4.69, 9.17) is 9.59 Å². The van der Waals surface area contributed by atoms with E-state index in [1.807, 2.05) is 18.2 Å². The lowest BCUT2D eigenvalue weighted by molar-refractivity contribution is -0.438. The van der Waals surface area contributed by atoms with E-state index in [1.54, 1.807) is 6.92 Å². The van der Waals surface area contributed by atoms with Gasteiger partial charge in [0.15, 0.2) is 11.5 Å². The Morgan fingerprint density at radius 3 is 2.19 bits per heavy atom. The molecule has 5 aromatic carbocycles. The van der Waals surface area contributed by atoms with E-state index in [0.717, 1.165) is 77.6 Å². The molecule has 2 heterocycles. The number of carbonyl (C=O) groups is 1. The maximum atomic E-state index is 12.4. The number of Topliss-reactive ketones (excluding diaryl/α,β-unsaturated/α-hetero) is 1. The van der Waals surface area contributed by atoms with Crippen molar-refractivity contribution in [2.75, 3.05) is 29.5 Å². The third-order valence-corrected chi connectivity index (χ3v) is 14.4. The van der Waals surface area contributed by atoms with Gasteiger partial charge in [0.25, 0.3) is 10.1 Å². The summed E-state index contributed by atoms with van der Waals surface area (Å²) in [6.45, 7) is 11.8. The Morgan fingerprint density at radius 2 is 1.51 bits per heavy atom. The van der Waals surface area contributed by atoms with Crippen LogP contribution in [-0.2, 0) is 30.3 Å². The molecule has 11 heteroatoms. The van der Waals surface area contributed by atoms with E-state index in [1.165, 1.54) is 44.4 Å². The van der Waals surface area contributed by atoms with E-state index < -0.39 is 15.5 Å². The predicted octanol–water partition coefficient (Wildman–Crippen LogP) is 12.1. The Balaban J connectivity index is 1.25. The van der Waals surface area contributed by atoms with Crippen LogP contribution in [0.3, 0.4) is 0 Å². The van der Waals surface area contributed by atoms with Crippen LogP contribution in [0.4, 0.5) is 11.4 Å². The van der Waals surface area contributed by atoms with Crippen LogP contribution in [0, 0.1) is 0 Å². The Labute approximate surface area is 374 Å². The van der Waals surface area contributed by atoms with Gasteiger partial charge >= 0.3 is 0 Å². The Morgan fingerprint density at radius 1 is 0.825 bits per heavy atom. The summed E-state index contributed by atoms with van der Waals surface area (Å²) in [6.07, 6.45) is 12.8. The first-order valence-electron chi connectivity index (χ1n) is 21.7. The first-order valence-corrected chi connectivity index (χ1v) is 24.2. The fraction of sp³-hybridized carbons (Fsp3) is 0.308. The Kier molecular flexibility index (Phi) is 12.8. The summed E-state index contributed by atoms with van der Waals surface area (Å²) >= 11 is 1.07. The molecule has 3 aliphatic rings. The highest BCUT2D eigenvalue weighted by Crippen LogP contribution is 2.51. The second kappa shape index (κ2) is 18.2. The predicted molar refractivity (Wildman–Crippen MR) is 257 cm³/mol. The van der Waals surface area contributed by atoms with E-state index in [9.17, 15) is 17.8 Å². The van der Waals surface area contributed by atoms with Gasteiger partial charge < -0.3 is 4.90 Å². The SMILES string of the molecule is CC(=O)c1ccc(C2=C(/C=C/C3=[N+](CCCSOOO)c4ccc5ccccc5c4C3(C)C)CCC/C2=C\C=C2\N(CCCS(=O)(=O)O)c3ccc4ccccc4c3C2(C)C)cc1. The van der Waals surface area contributed by atoms with Gasteiger partial charge in [0.2, 0.25) is 5.69 Å². The lowest BCUT2D eigenvalue weighted by atomic mass is 9.78. The van der Waals surface area contributed by atoms with Crippen LogP contribution >= 0.6 is 12.0 Å². The number of allylic oxidation sites excluding steroid dienone is 8. The number of carbonyl (C=O) groups excluding carboxylic acids is 1. The van der Waals surface area contributed by atoms with Crippen molar-refractivity contribution in [3.05, 3.63) is 160 Å². The first kappa shape index (κ1) is 44.5. The second-order valence-electron chi connectivity index (χ2n) is 17.7. The van der Waals surface area contributed by atoms with Crippen LogP contribution in [0.15, 0.2) is 138 Å². The number of hydrogen-bond acceptors (Lipinski definition) is 8. The fourth-order valence-corrected chi connectivity index (χ4v) is 11.0. The normalized spacial score (nSPS) is 18.4. The van der Waals surface area contributed by atoms with E-state index >= 15 is 0 Å². The highest BCUT2D eigenvalue weighted by molar-refractivity contribution is 7.94. The highest BCUT2D eigenvalue weighted by Gasteiger charge is 2.45. The van der Waals surface area contributed by atoms with E-state index in [0.29, 0.717) is 17.9 Å². The molecule has 326 valence electrons. The molecule has 0 fully saturated rings. The van der Waals surface area contributed by atoms with Crippen LogP contribution in [0.2, 0.25) is 0 Å². The van der Waals surface area contributed by atoms with Gasteiger partial charge in [-0.15, -0.1) is 4.33 Å². The third kappa shape index (κ3) is 8.87. The Bertz CT molecular complexity index is 2870. The second-order valence-corrected chi connectivity index (χ2v) is 20.1. The average molecular weight is 884 g/mol. The molecule has 5 aromatic rings. The molecule has 2 N–H and O–H groups in total. The van der Waals surface area contributed by atoms with Gasteiger partial charge in [-0.2, -0.15) is 13.0 Å². The molecule has 2 aliphatic heterocycles. The van der Waals surface area contributed by atoms with Crippen LogP contribution in [0.1, 0.15) is 93.8 Å². The van der Waals surface area contributed by atoms with Crippen molar-refractivity contribution in [2.45, 2.75) is 77.6 Å². The van der Waals surface area contributed by atoms with Gasteiger partial charge in [-0.3, -0.25) is 9.35 Å². The summed E-state index contributed by atoms with van der Waals surface area (Å²) < 4.78 is 40.5. The molecule has 9 nitrogen and oxygen atoms in total. The zero-order valence-corrected chi connectivity index (χ0v) is 38.2. The smallest absolute Gasteiger partial charge is 0.264 e. The maximum Gasteiger partial charge on any atom is 0.264 e. The molecule has 0 aromatic heterocycles. The van der Waals surface area contributed by atoms with Crippen molar-refractivity contribution < 1.29 is 37.0 Å². The minimum atomic E-state index is -4.13. The van der Waals surface area contributed by atoms with Crippen molar-refractivity contribution in [3.8, 4) is 0 Å². The number of hydrogen-bond donors (Lipinski definition) is 2. The van der Waals surface area contributed by atoms with Gasteiger partial charge in [-0.25, -0.2) is 5.26 Å². The summed E-state index contributed by atoms with van der Waals surface area (Å²) in [5, 5.41) is 17.3. The van der Waals surface area contributed by atoms with Crippen LogP contribution in [0.25, 0.3) is 27.1 Å². The lowest BCUT2D eigenvalue weighted by Gasteiger charge is -2.28. The van der Waals surface area contributed by atoms with Gasteiger partial charge in [-0.05, 0) is 114 Å². The summed E-state index contributed by atoms with van der Waals surface area (Å²) in [5.74, 6) is 0.328. The quantitative estimate of drug-likeness (QED) is 0.0202.